The maximum Gasteiger partial charge on any atom is 0.344 e. The molecule has 1 aromatic rings. The number of urea groups is 1. The summed E-state index contributed by atoms with van der Waals surface area (Å²) in [7, 11) is 2.71. The van der Waals surface area contributed by atoms with Crippen molar-refractivity contribution in [2.24, 2.45) is 0 Å². The molecule has 1 aliphatic heterocycles. The van der Waals surface area contributed by atoms with Gasteiger partial charge in [0.25, 0.3) is 0 Å². The van der Waals surface area contributed by atoms with E-state index < -0.39 is 24.0 Å². The molecule has 1 aromatic carbocycles. The van der Waals surface area contributed by atoms with Crippen LogP contribution in [0.5, 0.6) is 11.5 Å². The summed E-state index contributed by atoms with van der Waals surface area (Å²) in [5.74, 6) is -0.395. The monoisotopic (exact) mass is 378 g/mol. The lowest BCUT2D eigenvalue weighted by atomic mass is 9.95. The van der Waals surface area contributed by atoms with Gasteiger partial charge < -0.3 is 29.6 Å². The number of methoxy groups -OCH3 is 2. The van der Waals surface area contributed by atoms with Gasteiger partial charge in [-0.15, -0.1) is 0 Å². The van der Waals surface area contributed by atoms with Crippen molar-refractivity contribution in [1.29, 1.82) is 0 Å². The summed E-state index contributed by atoms with van der Waals surface area (Å²) in [6, 6.07) is 3.71. The fraction of sp³-hybridized carbons (Fsp3) is 0.389. The van der Waals surface area contributed by atoms with Crippen molar-refractivity contribution < 1.29 is 33.3 Å². The Hall–Kier alpha value is -3.23. The van der Waals surface area contributed by atoms with Crippen molar-refractivity contribution in [2.45, 2.75) is 19.9 Å². The van der Waals surface area contributed by atoms with E-state index in [1.54, 1.807) is 32.0 Å². The molecule has 0 saturated heterocycles. The lowest BCUT2D eigenvalue weighted by Gasteiger charge is -2.28. The molecule has 1 aliphatic rings. The standard InChI is InChI=1S/C18H22N2O7/c1-5-26-14(21)9-27-12-7-6-11(8-13(12)24-3)16-15(17(22)25-4)10(2)19-18(23)20-16/h6-8,16H,5,9H2,1-4H3,(H2,19,20,23). The van der Waals surface area contributed by atoms with Gasteiger partial charge in [0.2, 0.25) is 0 Å². The number of rotatable bonds is 7. The van der Waals surface area contributed by atoms with E-state index in [1.807, 2.05) is 0 Å². The Balaban J connectivity index is 2.32. The molecule has 0 spiro atoms. The zero-order valence-corrected chi connectivity index (χ0v) is 15.6. The first-order chi connectivity index (χ1) is 12.9. The Morgan fingerprint density at radius 3 is 2.56 bits per heavy atom. The zero-order valence-electron chi connectivity index (χ0n) is 15.6. The number of carbonyl (C=O) groups excluding carboxylic acids is 3. The van der Waals surface area contributed by atoms with E-state index in [0.717, 1.165) is 0 Å². The highest BCUT2D eigenvalue weighted by Crippen LogP contribution is 2.34. The van der Waals surface area contributed by atoms with E-state index in [2.05, 4.69) is 10.6 Å². The van der Waals surface area contributed by atoms with Gasteiger partial charge in [0, 0.05) is 5.70 Å². The van der Waals surface area contributed by atoms with Gasteiger partial charge in [-0.1, -0.05) is 6.07 Å². The van der Waals surface area contributed by atoms with E-state index in [4.69, 9.17) is 18.9 Å². The van der Waals surface area contributed by atoms with Crippen LogP contribution in [0.1, 0.15) is 25.5 Å². The molecule has 1 heterocycles. The molecule has 9 nitrogen and oxygen atoms in total. The number of amides is 2. The summed E-state index contributed by atoms with van der Waals surface area (Å²) in [6.07, 6.45) is 0. The van der Waals surface area contributed by atoms with Crippen LogP contribution in [0.3, 0.4) is 0 Å². The minimum atomic E-state index is -0.723. The summed E-state index contributed by atoms with van der Waals surface area (Å²) in [5.41, 5.74) is 1.27. The van der Waals surface area contributed by atoms with Crippen molar-refractivity contribution in [3.63, 3.8) is 0 Å². The first kappa shape index (κ1) is 20.1. The van der Waals surface area contributed by atoms with Gasteiger partial charge in [0.05, 0.1) is 32.4 Å². The number of allylic oxidation sites excluding steroid dienone is 1. The molecule has 2 N–H and O–H groups in total. The van der Waals surface area contributed by atoms with E-state index in [0.29, 0.717) is 22.8 Å². The van der Waals surface area contributed by atoms with Gasteiger partial charge in [-0.2, -0.15) is 0 Å². The molecule has 0 bridgehead atoms. The smallest absolute Gasteiger partial charge is 0.344 e. The summed E-state index contributed by atoms with van der Waals surface area (Å²) in [6.45, 7) is 3.32. The second-order valence-corrected chi connectivity index (χ2v) is 5.57. The van der Waals surface area contributed by atoms with E-state index in [1.165, 1.54) is 14.2 Å². The number of hydrogen-bond donors (Lipinski definition) is 2. The second-order valence-electron chi connectivity index (χ2n) is 5.57. The van der Waals surface area contributed by atoms with Gasteiger partial charge in [-0.25, -0.2) is 14.4 Å². The Kier molecular flexibility index (Phi) is 6.64. The van der Waals surface area contributed by atoms with E-state index >= 15 is 0 Å². The first-order valence-corrected chi connectivity index (χ1v) is 8.24. The number of carbonyl (C=O) groups is 3. The number of ether oxygens (including phenoxy) is 4. The minimum absolute atomic E-state index is 0.260. The van der Waals surface area contributed by atoms with Crippen LogP contribution in [0.15, 0.2) is 29.5 Å². The van der Waals surface area contributed by atoms with Crippen LogP contribution >= 0.6 is 0 Å². The number of hydrogen-bond acceptors (Lipinski definition) is 7. The van der Waals surface area contributed by atoms with Crippen molar-refractivity contribution in [3.8, 4) is 11.5 Å². The maximum absolute atomic E-state index is 12.1. The quantitative estimate of drug-likeness (QED) is 0.690. The summed E-state index contributed by atoms with van der Waals surface area (Å²) in [5, 5.41) is 5.24. The third-order valence-corrected chi connectivity index (χ3v) is 3.85. The first-order valence-electron chi connectivity index (χ1n) is 8.24. The molecule has 2 amide bonds. The highest BCUT2D eigenvalue weighted by atomic mass is 16.6. The van der Waals surface area contributed by atoms with Crippen LogP contribution in [-0.4, -0.2) is 45.4 Å². The van der Waals surface area contributed by atoms with Crippen LogP contribution in [0.25, 0.3) is 0 Å². The fourth-order valence-electron chi connectivity index (χ4n) is 2.65. The molecular formula is C18H22N2O7. The van der Waals surface area contributed by atoms with E-state index in [-0.39, 0.29) is 18.8 Å². The number of benzene rings is 1. The second kappa shape index (κ2) is 8.93. The van der Waals surface area contributed by atoms with Crippen LogP contribution in [0.2, 0.25) is 0 Å². The summed E-state index contributed by atoms with van der Waals surface area (Å²) < 4.78 is 20.4. The largest absolute Gasteiger partial charge is 0.493 e. The molecule has 0 fully saturated rings. The summed E-state index contributed by atoms with van der Waals surface area (Å²) >= 11 is 0. The van der Waals surface area contributed by atoms with E-state index in [9.17, 15) is 14.4 Å². The Morgan fingerprint density at radius 2 is 1.93 bits per heavy atom. The van der Waals surface area contributed by atoms with Crippen molar-refractivity contribution >= 4 is 18.0 Å². The van der Waals surface area contributed by atoms with Crippen LogP contribution < -0.4 is 20.1 Å². The lowest BCUT2D eigenvalue weighted by molar-refractivity contribution is -0.145. The van der Waals surface area contributed by atoms with Gasteiger partial charge in [0.1, 0.15) is 0 Å². The Labute approximate surface area is 156 Å². The van der Waals surface area contributed by atoms with Gasteiger partial charge in [-0.3, -0.25) is 0 Å². The van der Waals surface area contributed by atoms with Gasteiger partial charge in [-0.05, 0) is 31.5 Å². The van der Waals surface area contributed by atoms with Gasteiger partial charge >= 0.3 is 18.0 Å². The van der Waals surface area contributed by atoms with Crippen LogP contribution in [-0.2, 0) is 19.1 Å². The molecule has 27 heavy (non-hydrogen) atoms. The molecule has 0 radical (unpaired) electrons. The highest BCUT2D eigenvalue weighted by molar-refractivity contribution is 5.95. The molecule has 0 aromatic heterocycles. The average Bonchev–Trinajstić information content (AvgIpc) is 2.65. The zero-order chi connectivity index (χ0) is 20.0. The van der Waals surface area contributed by atoms with Crippen molar-refractivity contribution in [2.75, 3.05) is 27.4 Å². The van der Waals surface area contributed by atoms with Crippen molar-refractivity contribution in [1.82, 2.24) is 10.6 Å². The highest BCUT2D eigenvalue weighted by Gasteiger charge is 2.32. The lowest BCUT2D eigenvalue weighted by Crippen LogP contribution is -2.45. The third kappa shape index (κ3) is 4.69. The molecular weight excluding hydrogens is 356 g/mol. The fourth-order valence-corrected chi connectivity index (χ4v) is 2.65. The number of esters is 2. The molecule has 146 valence electrons. The van der Waals surface area contributed by atoms with Gasteiger partial charge in [0.15, 0.2) is 18.1 Å². The molecule has 1 atom stereocenters. The SMILES string of the molecule is CCOC(=O)COc1ccc(C2NC(=O)NC(C)=C2C(=O)OC)cc1OC. The summed E-state index contributed by atoms with van der Waals surface area (Å²) in [4.78, 5) is 35.5. The van der Waals surface area contributed by atoms with Crippen LogP contribution in [0.4, 0.5) is 4.79 Å². The molecule has 1 unspecified atom stereocenters. The molecule has 2 rings (SSSR count). The minimum Gasteiger partial charge on any atom is -0.493 e. The molecule has 0 aliphatic carbocycles. The predicted molar refractivity (Wildman–Crippen MR) is 94.2 cm³/mol. The van der Waals surface area contributed by atoms with Crippen molar-refractivity contribution in [3.05, 3.63) is 35.0 Å². The normalized spacial score (nSPS) is 16.1. The molecule has 9 heteroatoms. The number of nitrogens with one attached hydrogen (secondary N) is 2. The third-order valence-electron chi connectivity index (χ3n) is 3.85. The maximum atomic E-state index is 12.1. The Morgan fingerprint density at radius 1 is 1.19 bits per heavy atom. The predicted octanol–water partition coefficient (Wildman–Crippen LogP) is 1.44. The molecule has 0 saturated carbocycles. The Bertz CT molecular complexity index is 773. The van der Waals surface area contributed by atoms with Crippen LogP contribution in [0, 0.1) is 0 Å². The average molecular weight is 378 g/mol. The topological polar surface area (TPSA) is 112 Å².